The maximum Gasteiger partial charge on any atom is 0.326 e. The summed E-state index contributed by atoms with van der Waals surface area (Å²) in [6.45, 7) is 1.84. The van der Waals surface area contributed by atoms with Crippen molar-refractivity contribution in [2.75, 3.05) is 0 Å². The zero-order valence-electron chi connectivity index (χ0n) is 10.1. The fraction of sp³-hybridized carbons (Fsp3) is 0.273. The molecule has 0 bridgehead atoms. The molecular weight excluding hydrogens is 272 g/mol. The lowest BCUT2D eigenvalue weighted by Gasteiger charge is -2.07. The second kappa shape index (κ2) is 4.63. The van der Waals surface area contributed by atoms with Gasteiger partial charge in [0.2, 0.25) is 0 Å². The van der Waals surface area contributed by atoms with E-state index < -0.39 is 21.4 Å². The number of H-pyrrole nitrogens is 2. The highest BCUT2D eigenvalue weighted by atomic mass is 32.2. The molecule has 0 spiro atoms. The Morgan fingerprint density at radius 1 is 1.21 bits per heavy atom. The van der Waals surface area contributed by atoms with E-state index in [0.29, 0.717) is 18.4 Å². The van der Waals surface area contributed by atoms with Gasteiger partial charge in [-0.3, -0.25) is 14.3 Å². The Labute approximate surface area is 108 Å². The van der Waals surface area contributed by atoms with E-state index >= 15 is 0 Å². The number of hydrogen-bond acceptors (Lipinski definition) is 4. The number of benzene rings is 1. The van der Waals surface area contributed by atoms with Gasteiger partial charge in [0.15, 0.2) is 0 Å². The normalized spacial score (nSPS) is 11.9. The monoisotopic (exact) mass is 284 g/mol. The number of aromatic nitrogens is 2. The van der Waals surface area contributed by atoms with Crippen molar-refractivity contribution in [3.63, 3.8) is 0 Å². The molecule has 3 N–H and O–H groups in total. The topological polar surface area (TPSA) is 120 Å². The molecule has 1 aromatic carbocycles. The van der Waals surface area contributed by atoms with E-state index in [0.717, 1.165) is 6.07 Å². The molecule has 0 amide bonds. The van der Waals surface area contributed by atoms with Gasteiger partial charge in [0.25, 0.3) is 15.7 Å². The molecule has 0 aliphatic rings. The first-order valence-electron chi connectivity index (χ1n) is 5.59. The number of hydrogen-bond donors (Lipinski definition) is 3. The number of aryl methyl sites for hydroxylation is 1. The minimum Gasteiger partial charge on any atom is -0.307 e. The second-order valence-corrected chi connectivity index (χ2v) is 5.53. The van der Waals surface area contributed by atoms with Gasteiger partial charge in [0.05, 0.1) is 15.8 Å². The van der Waals surface area contributed by atoms with Gasteiger partial charge >= 0.3 is 5.69 Å². The summed E-state index contributed by atoms with van der Waals surface area (Å²) in [4.78, 5) is 26.9. The summed E-state index contributed by atoms with van der Waals surface area (Å²) in [7, 11) is -4.41. The van der Waals surface area contributed by atoms with E-state index in [-0.39, 0.29) is 15.8 Å². The average Bonchev–Trinajstić information content (AvgIpc) is 2.28. The van der Waals surface area contributed by atoms with Crippen LogP contribution in [0.2, 0.25) is 0 Å². The van der Waals surface area contributed by atoms with Crippen molar-refractivity contribution in [2.24, 2.45) is 0 Å². The van der Waals surface area contributed by atoms with Crippen LogP contribution in [0.1, 0.15) is 18.9 Å². The Balaban J connectivity index is 2.92. The van der Waals surface area contributed by atoms with E-state index in [4.69, 9.17) is 0 Å². The molecule has 7 nitrogen and oxygen atoms in total. The molecule has 102 valence electrons. The molecule has 19 heavy (non-hydrogen) atoms. The number of nitrogens with one attached hydrogen (secondary N) is 2. The molecule has 0 atom stereocenters. The molecular formula is C11H12N2O5S. The molecule has 1 heterocycles. The standard InChI is InChI=1S/C11H12N2O5S/c1-2-3-6-4-7-8(5-9(6)19(16,17)18)12-11(15)13-10(7)14/h4-5H,2-3H2,1H3,(H,16,17,18)(H2,12,13,14,15). The van der Waals surface area contributed by atoms with Crippen molar-refractivity contribution in [2.45, 2.75) is 24.7 Å². The van der Waals surface area contributed by atoms with Crippen molar-refractivity contribution < 1.29 is 13.0 Å². The summed E-state index contributed by atoms with van der Waals surface area (Å²) in [5.41, 5.74) is -0.920. The van der Waals surface area contributed by atoms with Crippen LogP contribution in [0.15, 0.2) is 26.6 Å². The molecule has 0 saturated carbocycles. The first kappa shape index (κ1) is 13.5. The highest BCUT2D eigenvalue weighted by molar-refractivity contribution is 7.85. The first-order valence-corrected chi connectivity index (χ1v) is 7.03. The molecule has 0 aliphatic heterocycles. The van der Waals surface area contributed by atoms with Gasteiger partial charge in [-0.2, -0.15) is 8.42 Å². The SMILES string of the molecule is CCCc1cc2c(=O)[nH]c(=O)[nH]c2cc1S(=O)(=O)O. The first-order chi connectivity index (χ1) is 8.82. The third-order valence-electron chi connectivity index (χ3n) is 2.72. The van der Waals surface area contributed by atoms with Crippen LogP contribution in [0, 0.1) is 0 Å². The van der Waals surface area contributed by atoms with E-state index in [9.17, 15) is 22.6 Å². The van der Waals surface area contributed by atoms with Crippen molar-refractivity contribution >= 4 is 21.0 Å². The maximum atomic E-state index is 11.6. The number of rotatable bonds is 3. The van der Waals surface area contributed by atoms with Crippen LogP contribution in [-0.2, 0) is 16.5 Å². The van der Waals surface area contributed by atoms with E-state index in [1.165, 1.54) is 6.07 Å². The van der Waals surface area contributed by atoms with E-state index in [2.05, 4.69) is 9.97 Å². The van der Waals surface area contributed by atoms with Crippen molar-refractivity contribution in [3.8, 4) is 0 Å². The Morgan fingerprint density at radius 2 is 1.89 bits per heavy atom. The molecule has 0 unspecified atom stereocenters. The lowest BCUT2D eigenvalue weighted by molar-refractivity contribution is 0.482. The molecule has 8 heteroatoms. The minimum absolute atomic E-state index is 0.0706. The van der Waals surface area contributed by atoms with Crippen LogP contribution < -0.4 is 11.2 Å². The van der Waals surface area contributed by atoms with Gasteiger partial charge in [-0.25, -0.2) is 4.79 Å². The van der Waals surface area contributed by atoms with Gasteiger partial charge < -0.3 is 4.98 Å². The van der Waals surface area contributed by atoms with Crippen molar-refractivity contribution in [1.29, 1.82) is 0 Å². The summed E-state index contributed by atoms with van der Waals surface area (Å²) in [5.74, 6) is 0. The Kier molecular flexibility index (Phi) is 3.29. The fourth-order valence-electron chi connectivity index (χ4n) is 1.94. The predicted molar refractivity (Wildman–Crippen MR) is 69.0 cm³/mol. The zero-order chi connectivity index (χ0) is 14.2. The lowest BCUT2D eigenvalue weighted by Crippen LogP contribution is -2.22. The van der Waals surface area contributed by atoms with Crippen LogP contribution in [0.25, 0.3) is 10.9 Å². The molecule has 0 saturated heterocycles. The smallest absolute Gasteiger partial charge is 0.307 e. The van der Waals surface area contributed by atoms with Gasteiger partial charge in [-0.05, 0) is 24.1 Å². The molecule has 2 aromatic rings. The van der Waals surface area contributed by atoms with Gasteiger partial charge in [-0.15, -0.1) is 0 Å². The molecule has 2 rings (SSSR count). The number of fused-ring (bicyclic) bond motifs is 1. The average molecular weight is 284 g/mol. The lowest BCUT2D eigenvalue weighted by atomic mass is 10.1. The molecule has 1 aromatic heterocycles. The van der Waals surface area contributed by atoms with Gasteiger partial charge in [-0.1, -0.05) is 13.3 Å². The summed E-state index contributed by atoms with van der Waals surface area (Å²) in [6.07, 6.45) is 1.04. The molecule has 0 radical (unpaired) electrons. The molecule has 0 aliphatic carbocycles. The fourth-order valence-corrected chi connectivity index (χ4v) is 2.70. The number of aromatic amines is 2. The van der Waals surface area contributed by atoms with Crippen LogP contribution in [0.3, 0.4) is 0 Å². The van der Waals surface area contributed by atoms with E-state index in [1.54, 1.807) is 0 Å². The highest BCUT2D eigenvalue weighted by Crippen LogP contribution is 2.21. The largest absolute Gasteiger partial charge is 0.326 e. The predicted octanol–water partition coefficient (Wildman–Crippen LogP) is 0.416. The minimum atomic E-state index is -4.41. The second-order valence-electron chi connectivity index (χ2n) is 4.14. The van der Waals surface area contributed by atoms with Crippen LogP contribution in [-0.4, -0.2) is 22.9 Å². The van der Waals surface area contributed by atoms with Crippen LogP contribution in [0.4, 0.5) is 0 Å². The summed E-state index contributed by atoms with van der Waals surface area (Å²) < 4.78 is 31.8. The summed E-state index contributed by atoms with van der Waals surface area (Å²) in [6, 6.07) is 2.48. The third-order valence-corrected chi connectivity index (χ3v) is 3.65. The highest BCUT2D eigenvalue weighted by Gasteiger charge is 2.17. The van der Waals surface area contributed by atoms with Gasteiger partial charge in [0.1, 0.15) is 0 Å². The zero-order valence-corrected chi connectivity index (χ0v) is 10.9. The van der Waals surface area contributed by atoms with E-state index in [1.807, 2.05) is 6.92 Å². The van der Waals surface area contributed by atoms with Crippen LogP contribution >= 0.6 is 0 Å². The summed E-state index contributed by atoms with van der Waals surface area (Å²) in [5, 5.41) is 0.176. The maximum absolute atomic E-state index is 11.6. The van der Waals surface area contributed by atoms with Crippen LogP contribution in [0.5, 0.6) is 0 Å². The van der Waals surface area contributed by atoms with Crippen molar-refractivity contribution in [3.05, 3.63) is 38.5 Å². The Bertz CT molecular complexity index is 847. The quantitative estimate of drug-likeness (QED) is 0.705. The summed E-state index contributed by atoms with van der Waals surface area (Å²) >= 11 is 0. The van der Waals surface area contributed by atoms with Crippen molar-refractivity contribution in [1.82, 2.24) is 9.97 Å². The Morgan fingerprint density at radius 3 is 2.47 bits per heavy atom. The third kappa shape index (κ3) is 2.59. The Hall–Kier alpha value is -1.93. The van der Waals surface area contributed by atoms with Gasteiger partial charge in [0, 0.05) is 0 Å². The molecule has 0 fully saturated rings.